The minimum Gasteiger partial charge on any atom is -0.493 e. The fourth-order valence-electron chi connectivity index (χ4n) is 3.98. The lowest BCUT2D eigenvalue weighted by atomic mass is 10.2. The highest BCUT2D eigenvalue weighted by Gasteiger charge is 2.34. The summed E-state index contributed by atoms with van der Waals surface area (Å²) in [6.07, 6.45) is 3.31. The van der Waals surface area contributed by atoms with Gasteiger partial charge in [-0.25, -0.2) is 13.2 Å². The molecule has 4 rings (SSSR count). The van der Waals surface area contributed by atoms with E-state index in [1.54, 1.807) is 32.0 Å². The summed E-state index contributed by atoms with van der Waals surface area (Å²) in [6, 6.07) is 10.4. The summed E-state index contributed by atoms with van der Waals surface area (Å²) >= 11 is 0. The Bertz CT molecular complexity index is 1370. The number of rotatable bonds is 8. The second kappa shape index (κ2) is 9.83. The number of benzene rings is 2. The molecule has 35 heavy (non-hydrogen) atoms. The first-order chi connectivity index (χ1) is 16.8. The Morgan fingerprint density at radius 1 is 1.17 bits per heavy atom. The Hall–Kier alpha value is -3.79. The summed E-state index contributed by atoms with van der Waals surface area (Å²) in [7, 11) is -1.17. The molecule has 2 aromatic carbocycles. The molecular weight excluding hydrogens is 472 g/mol. The van der Waals surface area contributed by atoms with Crippen LogP contribution in [0, 0.1) is 13.8 Å². The third-order valence-electron chi connectivity index (χ3n) is 5.83. The van der Waals surface area contributed by atoms with E-state index in [1.807, 2.05) is 12.1 Å². The number of aryl methyl sites for hydroxylation is 2. The number of carbonyl (C=O) groups excluding carboxylic acids is 1. The number of para-hydroxylation sites is 1. The van der Waals surface area contributed by atoms with Gasteiger partial charge in [0.1, 0.15) is 17.3 Å². The van der Waals surface area contributed by atoms with E-state index in [-0.39, 0.29) is 23.0 Å². The largest absolute Gasteiger partial charge is 0.493 e. The molecule has 0 radical (unpaired) electrons. The van der Waals surface area contributed by atoms with Crippen LogP contribution >= 0.6 is 0 Å². The predicted molar refractivity (Wildman–Crippen MR) is 129 cm³/mol. The molecule has 10 heteroatoms. The summed E-state index contributed by atoms with van der Waals surface area (Å²) in [6.45, 7) is 3.84. The molecule has 0 amide bonds. The monoisotopic (exact) mass is 498 g/mol. The van der Waals surface area contributed by atoms with Gasteiger partial charge in [-0.05, 0) is 55.7 Å². The van der Waals surface area contributed by atoms with E-state index in [0.29, 0.717) is 41.2 Å². The van der Waals surface area contributed by atoms with Crippen molar-refractivity contribution in [1.29, 1.82) is 0 Å². The quantitative estimate of drug-likeness (QED) is 0.341. The maximum atomic E-state index is 13.7. The molecule has 0 N–H and O–H groups in total. The summed E-state index contributed by atoms with van der Waals surface area (Å²) < 4.78 is 49.9. The van der Waals surface area contributed by atoms with Crippen molar-refractivity contribution in [1.82, 2.24) is 5.16 Å². The van der Waals surface area contributed by atoms with Gasteiger partial charge in [0.2, 0.25) is 0 Å². The maximum Gasteiger partial charge on any atom is 0.331 e. The zero-order chi connectivity index (χ0) is 25.2. The van der Waals surface area contributed by atoms with E-state index in [9.17, 15) is 13.2 Å². The Labute approximate surface area is 203 Å². The van der Waals surface area contributed by atoms with Gasteiger partial charge in [-0.1, -0.05) is 23.4 Å². The average Bonchev–Trinajstić information content (AvgIpc) is 3.43. The highest BCUT2D eigenvalue weighted by Crippen LogP contribution is 2.40. The van der Waals surface area contributed by atoms with Crippen LogP contribution in [0.1, 0.15) is 28.1 Å². The molecule has 0 aliphatic carbocycles. The van der Waals surface area contributed by atoms with E-state index in [1.165, 1.54) is 36.7 Å². The zero-order valence-corrected chi connectivity index (χ0v) is 20.7. The topological polar surface area (TPSA) is 108 Å². The van der Waals surface area contributed by atoms with Gasteiger partial charge < -0.3 is 18.7 Å². The van der Waals surface area contributed by atoms with Crippen molar-refractivity contribution in [2.24, 2.45) is 0 Å². The van der Waals surface area contributed by atoms with Crippen LogP contribution in [0.5, 0.6) is 11.5 Å². The molecule has 0 spiro atoms. The first-order valence-electron chi connectivity index (χ1n) is 10.9. The molecule has 1 aromatic heterocycles. The number of ether oxygens (including phenoxy) is 3. The number of anilines is 1. The highest BCUT2D eigenvalue weighted by atomic mass is 32.2. The van der Waals surface area contributed by atoms with Crippen LogP contribution in [-0.4, -0.2) is 40.3 Å². The number of methoxy groups -OCH3 is 2. The summed E-state index contributed by atoms with van der Waals surface area (Å²) in [5.74, 6) is 0.301. The maximum absolute atomic E-state index is 13.7. The molecule has 0 unspecified atom stereocenters. The van der Waals surface area contributed by atoms with Gasteiger partial charge in [-0.15, -0.1) is 0 Å². The van der Waals surface area contributed by atoms with Crippen molar-refractivity contribution in [2.75, 3.05) is 25.1 Å². The lowest BCUT2D eigenvalue weighted by molar-refractivity contribution is -0.138. The van der Waals surface area contributed by atoms with Crippen molar-refractivity contribution in [3.8, 4) is 11.5 Å². The minimum atomic E-state index is -3.98. The second-order valence-corrected chi connectivity index (χ2v) is 9.78. The second-order valence-electron chi connectivity index (χ2n) is 7.95. The number of hydrogen-bond donors (Lipinski definition) is 0. The molecule has 3 aromatic rings. The molecule has 0 bridgehead atoms. The van der Waals surface area contributed by atoms with Crippen LogP contribution in [0.4, 0.5) is 5.69 Å². The molecule has 0 atom stereocenters. The molecule has 0 fully saturated rings. The molecule has 1 aliphatic rings. The summed E-state index contributed by atoms with van der Waals surface area (Å²) in [4.78, 5) is 12.2. The van der Waals surface area contributed by atoms with Crippen LogP contribution < -0.4 is 13.8 Å². The number of esters is 1. The molecule has 9 nitrogen and oxygen atoms in total. The fourth-order valence-corrected chi connectivity index (χ4v) is 5.69. The lowest BCUT2D eigenvalue weighted by Gasteiger charge is -2.22. The zero-order valence-electron chi connectivity index (χ0n) is 19.9. The smallest absolute Gasteiger partial charge is 0.331 e. The standard InChI is InChI=1S/C25H26N2O7S/c1-16-20(17(2)34-26-16)15-33-24(28)10-9-18-13-22(31-3)25(32-4)23(14-18)35(29,30)27-12-11-19-7-5-6-8-21(19)27/h5-10,13-14H,11-12,15H2,1-4H3/b10-9+. The Kier molecular flexibility index (Phi) is 6.83. The van der Waals surface area contributed by atoms with Crippen LogP contribution in [0.15, 0.2) is 51.9 Å². The number of aromatic nitrogens is 1. The fraction of sp³-hybridized carbons (Fsp3) is 0.280. The van der Waals surface area contributed by atoms with Gasteiger partial charge in [0.05, 0.1) is 31.2 Å². The lowest BCUT2D eigenvalue weighted by Crippen LogP contribution is -2.29. The van der Waals surface area contributed by atoms with Gasteiger partial charge in [0.15, 0.2) is 11.5 Å². The Morgan fingerprint density at radius 3 is 2.63 bits per heavy atom. The number of fused-ring (bicyclic) bond motifs is 1. The molecule has 184 valence electrons. The molecule has 1 aliphatic heterocycles. The normalized spacial score (nSPS) is 13.2. The van der Waals surface area contributed by atoms with Crippen molar-refractivity contribution in [3.63, 3.8) is 0 Å². The third kappa shape index (κ3) is 4.74. The van der Waals surface area contributed by atoms with E-state index in [2.05, 4.69) is 5.16 Å². The molecule has 2 heterocycles. The average molecular weight is 499 g/mol. The first kappa shape index (κ1) is 24.3. The molecule has 0 saturated heterocycles. The van der Waals surface area contributed by atoms with Crippen molar-refractivity contribution in [2.45, 2.75) is 31.8 Å². The van der Waals surface area contributed by atoms with Crippen molar-refractivity contribution >= 4 is 27.8 Å². The van der Waals surface area contributed by atoms with Gasteiger partial charge >= 0.3 is 5.97 Å². The van der Waals surface area contributed by atoms with Crippen molar-refractivity contribution in [3.05, 3.63) is 70.6 Å². The number of sulfonamides is 1. The van der Waals surface area contributed by atoms with Crippen LogP contribution in [-0.2, 0) is 32.6 Å². The van der Waals surface area contributed by atoms with Gasteiger partial charge in [-0.3, -0.25) is 4.31 Å². The molecule has 0 saturated carbocycles. The van der Waals surface area contributed by atoms with Crippen LogP contribution in [0.25, 0.3) is 6.08 Å². The van der Waals surface area contributed by atoms with Gasteiger partial charge in [0.25, 0.3) is 10.0 Å². The number of carbonyl (C=O) groups is 1. The van der Waals surface area contributed by atoms with Crippen molar-refractivity contribution < 1.29 is 31.9 Å². The summed E-state index contributed by atoms with van der Waals surface area (Å²) in [5.41, 5.74) is 3.38. The minimum absolute atomic E-state index is 0.0181. The Morgan fingerprint density at radius 2 is 1.94 bits per heavy atom. The molecular formula is C25H26N2O7S. The number of hydrogen-bond acceptors (Lipinski definition) is 8. The van der Waals surface area contributed by atoms with E-state index in [4.69, 9.17) is 18.7 Å². The highest BCUT2D eigenvalue weighted by molar-refractivity contribution is 7.93. The first-order valence-corrected chi connectivity index (χ1v) is 12.3. The van der Waals surface area contributed by atoms with E-state index < -0.39 is 16.0 Å². The van der Waals surface area contributed by atoms with Gasteiger partial charge in [0, 0.05) is 12.6 Å². The number of nitrogens with zero attached hydrogens (tertiary/aromatic N) is 2. The van der Waals surface area contributed by atoms with Crippen LogP contribution in [0.3, 0.4) is 0 Å². The van der Waals surface area contributed by atoms with Gasteiger partial charge in [-0.2, -0.15) is 0 Å². The third-order valence-corrected chi connectivity index (χ3v) is 7.65. The SMILES string of the molecule is COc1cc(/C=C/C(=O)OCc2c(C)noc2C)cc(S(=O)(=O)N2CCc3ccccc32)c1OC. The predicted octanol–water partition coefficient (Wildman–Crippen LogP) is 3.82. The van der Waals surface area contributed by atoms with E-state index in [0.717, 1.165) is 5.56 Å². The van der Waals surface area contributed by atoms with E-state index >= 15 is 0 Å². The Balaban J connectivity index is 1.63. The van der Waals surface area contributed by atoms with Crippen LogP contribution in [0.2, 0.25) is 0 Å². The summed E-state index contributed by atoms with van der Waals surface area (Å²) in [5, 5.41) is 3.83.